The second-order valence-electron chi connectivity index (χ2n) is 5.65. The van der Waals surface area contributed by atoms with E-state index in [-0.39, 0.29) is 0 Å². The Morgan fingerprint density at radius 2 is 2.39 bits per heavy atom. The summed E-state index contributed by atoms with van der Waals surface area (Å²) in [5, 5.41) is 3.68. The Morgan fingerprint density at radius 1 is 1.56 bits per heavy atom. The molecule has 2 fully saturated rings. The van der Waals surface area contributed by atoms with Crippen LogP contribution >= 0.6 is 0 Å². The molecule has 18 heavy (non-hydrogen) atoms. The lowest BCUT2D eigenvalue weighted by Gasteiger charge is -2.61. The van der Waals surface area contributed by atoms with Crippen LogP contribution in [0.3, 0.4) is 0 Å². The van der Waals surface area contributed by atoms with Crippen molar-refractivity contribution in [3.8, 4) is 0 Å². The molecule has 0 radical (unpaired) electrons. The first-order valence-electron chi connectivity index (χ1n) is 7.07. The van der Waals surface area contributed by atoms with Gasteiger partial charge in [0, 0.05) is 37.5 Å². The highest BCUT2D eigenvalue weighted by atomic mass is 16.5. The third kappa shape index (κ3) is 1.79. The predicted octanol–water partition coefficient (Wildman–Crippen LogP) is 1.86. The smallest absolute Gasteiger partial charge is 0.122 e. The van der Waals surface area contributed by atoms with E-state index in [2.05, 4.69) is 21.8 Å². The third-order valence-corrected chi connectivity index (χ3v) is 4.86. The average molecular weight is 249 g/mol. The molecule has 2 atom stereocenters. The molecule has 2 aliphatic carbocycles. The topological polar surface area (TPSA) is 39.1 Å². The summed E-state index contributed by atoms with van der Waals surface area (Å²) >= 11 is 0. The zero-order valence-electron chi connectivity index (χ0n) is 11.4. The lowest BCUT2D eigenvalue weighted by Crippen LogP contribution is -2.66. The molecule has 0 saturated heterocycles. The molecule has 2 aliphatic rings. The number of nitrogens with one attached hydrogen (secondary N) is 1. The van der Waals surface area contributed by atoms with Crippen LogP contribution in [0.4, 0.5) is 0 Å². The van der Waals surface area contributed by atoms with Crippen molar-refractivity contribution in [2.45, 2.75) is 51.3 Å². The molecule has 2 unspecified atom stereocenters. The van der Waals surface area contributed by atoms with Gasteiger partial charge in [-0.15, -0.1) is 0 Å². The highest BCUT2D eigenvalue weighted by Crippen LogP contribution is 2.57. The number of nitrogens with zero attached hydrogens (tertiary/aromatic N) is 2. The van der Waals surface area contributed by atoms with Crippen LogP contribution in [-0.4, -0.2) is 28.3 Å². The minimum absolute atomic E-state index is 0.446. The van der Waals surface area contributed by atoms with Crippen molar-refractivity contribution in [3.05, 3.63) is 18.2 Å². The number of hydrogen-bond acceptors (Lipinski definition) is 3. The van der Waals surface area contributed by atoms with E-state index in [4.69, 9.17) is 4.74 Å². The molecular formula is C14H23N3O. The van der Waals surface area contributed by atoms with Crippen molar-refractivity contribution in [2.24, 2.45) is 12.5 Å². The largest absolute Gasteiger partial charge is 0.378 e. The average Bonchev–Trinajstić information content (AvgIpc) is 2.66. The number of aryl methyl sites for hydroxylation is 1. The molecular weight excluding hydrogens is 226 g/mol. The summed E-state index contributed by atoms with van der Waals surface area (Å²) in [4.78, 5) is 4.36. The van der Waals surface area contributed by atoms with Gasteiger partial charge in [0.25, 0.3) is 0 Å². The van der Waals surface area contributed by atoms with Crippen molar-refractivity contribution >= 4 is 0 Å². The molecule has 0 aromatic carbocycles. The fraction of sp³-hybridized carbons (Fsp3) is 0.786. The van der Waals surface area contributed by atoms with Crippen LogP contribution in [0, 0.1) is 5.41 Å². The molecule has 3 rings (SSSR count). The van der Waals surface area contributed by atoms with Gasteiger partial charge >= 0.3 is 0 Å². The summed E-state index contributed by atoms with van der Waals surface area (Å²) < 4.78 is 7.95. The van der Waals surface area contributed by atoms with Crippen molar-refractivity contribution in [3.63, 3.8) is 0 Å². The Morgan fingerprint density at radius 3 is 2.94 bits per heavy atom. The first-order valence-corrected chi connectivity index (χ1v) is 7.07. The maximum Gasteiger partial charge on any atom is 0.122 e. The lowest BCUT2D eigenvalue weighted by atomic mass is 9.51. The van der Waals surface area contributed by atoms with E-state index < -0.39 is 0 Å². The van der Waals surface area contributed by atoms with E-state index in [0.29, 0.717) is 17.6 Å². The Bertz CT molecular complexity index is 411. The van der Waals surface area contributed by atoms with E-state index in [1.807, 2.05) is 19.4 Å². The summed E-state index contributed by atoms with van der Waals surface area (Å²) in [7, 11) is 2.05. The number of hydrogen-bond donors (Lipinski definition) is 1. The fourth-order valence-corrected chi connectivity index (χ4v) is 3.51. The lowest BCUT2D eigenvalue weighted by molar-refractivity contribution is -0.173. The number of imidazole rings is 1. The SMILES string of the molecule is CCOC1CC(NCc2nccn2C)C12CCC2. The summed E-state index contributed by atoms with van der Waals surface area (Å²) in [5.74, 6) is 1.12. The summed E-state index contributed by atoms with van der Waals surface area (Å²) in [6, 6.07) is 0.625. The highest BCUT2D eigenvalue weighted by Gasteiger charge is 2.58. The van der Waals surface area contributed by atoms with E-state index in [1.165, 1.54) is 19.3 Å². The van der Waals surface area contributed by atoms with Gasteiger partial charge in [-0.1, -0.05) is 6.42 Å². The maximum atomic E-state index is 5.87. The van der Waals surface area contributed by atoms with Crippen LogP contribution in [0.15, 0.2) is 12.4 Å². The molecule has 4 heteroatoms. The Labute approximate surface area is 109 Å². The monoisotopic (exact) mass is 249 g/mol. The standard InChI is InChI=1S/C14H23N3O/c1-3-18-12-9-11(14(12)5-4-6-14)16-10-13-15-7-8-17(13)2/h7-8,11-12,16H,3-6,9-10H2,1-2H3. The summed E-state index contributed by atoms with van der Waals surface area (Å²) in [6.45, 7) is 3.81. The maximum absolute atomic E-state index is 5.87. The van der Waals surface area contributed by atoms with E-state index in [9.17, 15) is 0 Å². The molecule has 0 bridgehead atoms. The summed E-state index contributed by atoms with van der Waals surface area (Å²) in [6.07, 6.45) is 9.55. The molecule has 1 N–H and O–H groups in total. The Balaban J connectivity index is 1.57. The van der Waals surface area contributed by atoms with Gasteiger partial charge < -0.3 is 14.6 Å². The van der Waals surface area contributed by atoms with Crippen molar-refractivity contribution < 1.29 is 4.74 Å². The van der Waals surface area contributed by atoms with Gasteiger partial charge in [0.05, 0.1) is 12.6 Å². The van der Waals surface area contributed by atoms with Crippen molar-refractivity contribution in [1.82, 2.24) is 14.9 Å². The minimum atomic E-state index is 0.446. The van der Waals surface area contributed by atoms with Gasteiger partial charge in [-0.2, -0.15) is 0 Å². The van der Waals surface area contributed by atoms with Crippen LogP contribution in [0.1, 0.15) is 38.4 Å². The molecule has 4 nitrogen and oxygen atoms in total. The predicted molar refractivity (Wildman–Crippen MR) is 70.2 cm³/mol. The van der Waals surface area contributed by atoms with Gasteiger partial charge in [-0.25, -0.2) is 4.98 Å². The molecule has 0 amide bonds. The normalized spacial score (nSPS) is 29.0. The highest BCUT2D eigenvalue weighted by molar-refractivity contribution is 5.12. The van der Waals surface area contributed by atoms with Crippen molar-refractivity contribution in [2.75, 3.05) is 6.61 Å². The Hall–Kier alpha value is -0.870. The van der Waals surface area contributed by atoms with Crippen LogP contribution < -0.4 is 5.32 Å². The second-order valence-corrected chi connectivity index (χ2v) is 5.65. The molecule has 1 aromatic rings. The van der Waals surface area contributed by atoms with Gasteiger partial charge in [0.15, 0.2) is 0 Å². The molecule has 1 aromatic heterocycles. The third-order valence-electron chi connectivity index (χ3n) is 4.86. The molecule has 1 spiro atoms. The molecule has 0 aliphatic heterocycles. The quantitative estimate of drug-likeness (QED) is 0.865. The summed E-state index contributed by atoms with van der Waals surface area (Å²) in [5.41, 5.74) is 0.446. The zero-order chi connectivity index (χ0) is 12.6. The van der Waals surface area contributed by atoms with Gasteiger partial charge in [-0.3, -0.25) is 0 Å². The first kappa shape index (κ1) is 12.2. The molecule has 1 heterocycles. The Kier molecular flexibility index (Phi) is 3.16. The minimum Gasteiger partial charge on any atom is -0.378 e. The van der Waals surface area contributed by atoms with Crippen LogP contribution in [0.5, 0.6) is 0 Å². The van der Waals surface area contributed by atoms with Crippen LogP contribution in [-0.2, 0) is 18.3 Å². The second kappa shape index (κ2) is 4.67. The molecule has 2 saturated carbocycles. The number of rotatable bonds is 5. The van der Waals surface area contributed by atoms with E-state index in [0.717, 1.165) is 25.4 Å². The van der Waals surface area contributed by atoms with Crippen LogP contribution in [0.2, 0.25) is 0 Å². The number of aromatic nitrogens is 2. The van der Waals surface area contributed by atoms with E-state index >= 15 is 0 Å². The molecule has 100 valence electrons. The fourth-order valence-electron chi connectivity index (χ4n) is 3.51. The van der Waals surface area contributed by atoms with E-state index in [1.54, 1.807) is 0 Å². The van der Waals surface area contributed by atoms with Gasteiger partial charge in [0.1, 0.15) is 5.82 Å². The number of ether oxygens (including phenoxy) is 1. The first-order chi connectivity index (χ1) is 8.76. The van der Waals surface area contributed by atoms with Crippen molar-refractivity contribution in [1.29, 1.82) is 0 Å². The van der Waals surface area contributed by atoms with Crippen LogP contribution in [0.25, 0.3) is 0 Å². The van der Waals surface area contributed by atoms with Gasteiger partial charge in [-0.05, 0) is 26.2 Å². The van der Waals surface area contributed by atoms with Gasteiger partial charge in [0.2, 0.25) is 0 Å². The zero-order valence-corrected chi connectivity index (χ0v) is 11.4.